The lowest BCUT2D eigenvalue weighted by molar-refractivity contribution is 1.14. The fourth-order valence-corrected chi connectivity index (χ4v) is 5.68. The molecule has 5 heteroatoms. The number of hydrogen-bond acceptors (Lipinski definition) is 4. The zero-order valence-corrected chi connectivity index (χ0v) is 22.0. The summed E-state index contributed by atoms with van der Waals surface area (Å²) >= 11 is 0. The molecule has 5 aromatic heterocycles. The zero-order chi connectivity index (χ0) is 27.2. The molecule has 0 aliphatic heterocycles. The number of rotatable bonds is 4. The highest BCUT2D eigenvalue weighted by atomic mass is 15.0. The van der Waals surface area contributed by atoms with Gasteiger partial charge in [0, 0.05) is 52.3 Å². The lowest BCUT2D eigenvalue weighted by Crippen LogP contribution is -1.96. The fourth-order valence-electron chi connectivity index (χ4n) is 5.68. The zero-order valence-electron chi connectivity index (χ0n) is 22.0. The van der Waals surface area contributed by atoms with E-state index in [4.69, 9.17) is 9.97 Å². The minimum absolute atomic E-state index is 0.851. The number of hydrogen-bond donors (Lipinski definition) is 0. The average Bonchev–Trinajstić information content (AvgIpc) is 3.40. The Kier molecular flexibility index (Phi) is 5.38. The van der Waals surface area contributed by atoms with Crippen LogP contribution in [0.4, 0.5) is 0 Å². The molecule has 192 valence electrons. The largest absolute Gasteiger partial charge is 0.308 e. The smallest absolute Gasteiger partial charge is 0.0887 e. The van der Waals surface area contributed by atoms with Gasteiger partial charge in [-0.15, -0.1) is 0 Å². The van der Waals surface area contributed by atoms with Crippen LogP contribution >= 0.6 is 0 Å². The van der Waals surface area contributed by atoms with Crippen LogP contribution in [0.5, 0.6) is 0 Å². The molecular weight excluding hydrogens is 502 g/mol. The first kappa shape index (κ1) is 23.2. The van der Waals surface area contributed by atoms with Gasteiger partial charge in [-0.3, -0.25) is 19.9 Å². The van der Waals surface area contributed by atoms with Crippen LogP contribution in [-0.4, -0.2) is 24.5 Å². The Morgan fingerprint density at radius 2 is 1.27 bits per heavy atom. The lowest BCUT2D eigenvalue weighted by Gasteiger charge is -2.09. The van der Waals surface area contributed by atoms with Crippen LogP contribution in [0.1, 0.15) is 0 Å². The van der Waals surface area contributed by atoms with Gasteiger partial charge in [0.15, 0.2) is 0 Å². The predicted molar refractivity (Wildman–Crippen MR) is 166 cm³/mol. The predicted octanol–water partition coefficient (Wildman–Crippen LogP) is 8.52. The van der Waals surface area contributed by atoms with Crippen molar-refractivity contribution in [3.63, 3.8) is 0 Å². The summed E-state index contributed by atoms with van der Waals surface area (Å²) in [7, 11) is 0. The van der Waals surface area contributed by atoms with Gasteiger partial charge in [-0.1, -0.05) is 54.6 Å². The van der Waals surface area contributed by atoms with Gasteiger partial charge in [0.1, 0.15) is 0 Å². The molecule has 0 spiro atoms. The second-order valence-corrected chi connectivity index (χ2v) is 10.0. The molecule has 41 heavy (non-hydrogen) atoms. The summed E-state index contributed by atoms with van der Waals surface area (Å²) in [6.07, 6.45) is 9.29. The Morgan fingerprint density at radius 1 is 0.463 bits per heavy atom. The maximum atomic E-state index is 4.83. The molecule has 8 aromatic rings. The summed E-state index contributed by atoms with van der Waals surface area (Å²) in [5, 5.41) is 4.85. The number of aromatic nitrogens is 5. The Bertz CT molecular complexity index is 2170. The Balaban J connectivity index is 1.31. The fraction of sp³-hybridized carbons (Fsp3) is 0. The number of nitrogens with zero attached hydrogens (tertiary/aromatic N) is 5. The van der Waals surface area contributed by atoms with Gasteiger partial charge in [0.2, 0.25) is 0 Å². The molecular formula is C36H23N5. The standard InChI is InChI=1S/C36H23N5/c1-2-8-29-24(6-1)11-17-35-36(29)30-20-25(31-14-10-27(22-39-31)26-7-5-18-37-21-26)12-16-34(30)41(35)28-13-15-33(40-23-28)32-9-3-4-19-38-32/h1-23H. The third kappa shape index (κ3) is 3.95. The molecule has 0 saturated carbocycles. The van der Waals surface area contributed by atoms with Gasteiger partial charge in [0.05, 0.1) is 40.0 Å². The van der Waals surface area contributed by atoms with E-state index in [0.29, 0.717) is 0 Å². The van der Waals surface area contributed by atoms with Crippen molar-refractivity contribution in [1.29, 1.82) is 0 Å². The average molecular weight is 526 g/mol. The summed E-state index contributed by atoms with van der Waals surface area (Å²) in [4.78, 5) is 18.3. The SMILES string of the molecule is c1ccc(-c2ccc(-n3c4ccc(-c5ccc(-c6cccnc6)cn5)cc4c4c5ccccc5ccc43)cn2)nc1. The van der Waals surface area contributed by atoms with Gasteiger partial charge in [-0.05, 0) is 65.4 Å². The van der Waals surface area contributed by atoms with Gasteiger partial charge >= 0.3 is 0 Å². The van der Waals surface area contributed by atoms with Crippen molar-refractivity contribution in [2.75, 3.05) is 0 Å². The highest BCUT2D eigenvalue weighted by Crippen LogP contribution is 2.38. The van der Waals surface area contributed by atoms with Crippen LogP contribution in [0.25, 0.3) is 72.0 Å². The molecule has 5 nitrogen and oxygen atoms in total. The van der Waals surface area contributed by atoms with E-state index in [0.717, 1.165) is 50.5 Å². The Morgan fingerprint density at radius 3 is 2.07 bits per heavy atom. The first-order valence-electron chi connectivity index (χ1n) is 13.5. The normalized spacial score (nSPS) is 11.4. The third-order valence-corrected chi connectivity index (χ3v) is 7.64. The number of fused-ring (bicyclic) bond motifs is 5. The van der Waals surface area contributed by atoms with E-state index in [-0.39, 0.29) is 0 Å². The molecule has 0 saturated heterocycles. The summed E-state index contributed by atoms with van der Waals surface area (Å²) in [6, 6.07) is 37.8. The molecule has 0 radical (unpaired) electrons. The van der Waals surface area contributed by atoms with Crippen molar-refractivity contribution in [2.45, 2.75) is 0 Å². The van der Waals surface area contributed by atoms with Crippen LogP contribution in [0.2, 0.25) is 0 Å². The van der Waals surface area contributed by atoms with E-state index in [9.17, 15) is 0 Å². The lowest BCUT2D eigenvalue weighted by atomic mass is 10.0. The Labute approximate surface area is 236 Å². The van der Waals surface area contributed by atoms with E-state index in [1.54, 1.807) is 12.4 Å². The van der Waals surface area contributed by atoms with Gasteiger partial charge < -0.3 is 4.57 Å². The van der Waals surface area contributed by atoms with E-state index in [1.807, 2.05) is 55.0 Å². The number of pyridine rings is 4. The molecule has 0 atom stereocenters. The van der Waals surface area contributed by atoms with Crippen molar-refractivity contribution in [1.82, 2.24) is 24.5 Å². The minimum Gasteiger partial charge on any atom is -0.308 e. The quantitative estimate of drug-likeness (QED) is 0.231. The Hall–Kier alpha value is -5.68. The van der Waals surface area contributed by atoms with E-state index >= 15 is 0 Å². The topological polar surface area (TPSA) is 56.5 Å². The maximum absolute atomic E-state index is 4.83. The molecule has 3 aromatic carbocycles. The van der Waals surface area contributed by atoms with Gasteiger partial charge in [0.25, 0.3) is 0 Å². The van der Waals surface area contributed by atoms with E-state index < -0.39 is 0 Å². The van der Waals surface area contributed by atoms with Crippen molar-refractivity contribution >= 4 is 32.6 Å². The van der Waals surface area contributed by atoms with E-state index in [2.05, 4.69) is 87.3 Å². The molecule has 0 fully saturated rings. The van der Waals surface area contributed by atoms with Crippen LogP contribution in [0.15, 0.2) is 140 Å². The van der Waals surface area contributed by atoms with Crippen LogP contribution in [0, 0.1) is 0 Å². The summed E-state index contributed by atoms with van der Waals surface area (Å²) in [6.45, 7) is 0. The van der Waals surface area contributed by atoms with Crippen LogP contribution in [0.3, 0.4) is 0 Å². The molecule has 5 heterocycles. The summed E-state index contributed by atoms with van der Waals surface area (Å²) < 4.78 is 2.30. The number of benzene rings is 3. The third-order valence-electron chi connectivity index (χ3n) is 7.64. The monoisotopic (exact) mass is 525 g/mol. The second-order valence-electron chi connectivity index (χ2n) is 10.0. The van der Waals surface area contributed by atoms with Crippen molar-refractivity contribution in [3.05, 3.63) is 140 Å². The molecule has 8 rings (SSSR count). The minimum atomic E-state index is 0.851. The summed E-state index contributed by atoms with van der Waals surface area (Å²) in [5.41, 5.74) is 9.09. The van der Waals surface area contributed by atoms with Crippen molar-refractivity contribution in [2.24, 2.45) is 0 Å². The molecule has 0 aliphatic carbocycles. The first-order valence-corrected chi connectivity index (χ1v) is 13.5. The van der Waals surface area contributed by atoms with Crippen LogP contribution < -0.4 is 0 Å². The van der Waals surface area contributed by atoms with Gasteiger partial charge in [-0.2, -0.15) is 0 Å². The van der Waals surface area contributed by atoms with E-state index in [1.165, 1.54) is 21.5 Å². The maximum Gasteiger partial charge on any atom is 0.0887 e. The first-order chi connectivity index (χ1) is 20.3. The molecule has 0 N–H and O–H groups in total. The van der Waals surface area contributed by atoms with Gasteiger partial charge in [-0.25, -0.2) is 0 Å². The summed E-state index contributed by atoms with van der Waals surface area (Å²) in [5.74, 6) is 0. The molecule has 0 amide bonds. The second kappa shape index (κ2) is 9.50. The molecule has 0 bridgehead atoms. The van der Waals surface area contributed by atoms with Crippen LogP contribution in [-0.2, 0) is 0 Å². The highest BCUT2D eigenvalue weighted by molar-refractivity contribution is 6.21. The van der Waals surface area contributed by atoms with Crippen molar-refractivity contribution in [3.8, 4) is 39.5 Å². The molecule has 0 unspecified atom stereocenters. The van der Waals surface area contributed by atoms with Crippen molar-refractivity contribution < 1.29 is 0 Å². The highest BCUT2D eigenvalue weighted by Gasteiger charge is 2.16. The molecule has 0 aliphatic rings.